The Morgan fingerprint density at radius 1 is 1.23 bits per heavy atom. The highest BCUT2D eigenvalue weighted by atomic mass is 16.6. The van der Waals surface area contributed by atoms with Crippen LogP contribution in [0.25, 0.3) is 0 Å². The lowest BCUT2D eigenvalue weighted by Crippen LogP contribution is -2.52. The molecule has 8 nitrogen and oxygen atoms in total. The summed E-state index contributed by atoms with van der Waals surface area (Å²) >= 11 is 0. The molecule has 1 unspecified atom stereocenters. The standard InChI is InChI=1S/C18H22N2O6/c1-18(2,17(23)24)19(3)16(22)11-8-15(21)20(10-11)12-4-5-13-14(9-12)26-7-6-25-13/h4-5,9,11H,6-8,10H2,1-3H3,(H,23,24). The molecule has 1 fully saturated rings. The number of rotatable bonds is 4. The van der Waals surface area contributed by atoms with E-state index >= 15 is 0 Å². The van der Waals surface area contributed by atoms with Gasteiger partial charge in [0.15, 0.2) is 11.5 Å². The van der Waals surface area contributed by atoms with Crippen molar-refractivity contribution in [1.82, 2.24) is 4.90 Å². The number of amides is 2. The van der Waals surface area contributed by atoms with Crippen molar-refractivity contribution >= 4 is 23.5 Å². The number of likely N-dealkylation sites (N-methyl/N-ethyl adjacent to an activating group) is 1. The molecule has 2 amide bonds. The average Bonchev–Trinajstić information content (AvgIpc) is 3.01. The summed E-state index contributed by atoms with van der Waals surface area (Å²) in [6.07, 6.45) is 0.0489. The first-order valence-corrected chi connectivity index (χ1v) is 8.43. The van der Waals surface area contributed by atoms with E-state index < -0.39 is 17.4 Å². The number of aliphatic carboxylic acids is 1. The summed E-state index contributed by atoms with van der Waals surface area (Å²) in [4.78, 5) is 39.2. The monoisotopic (exact) mass is 362 g/mol. The summed E-state index contributed by atoms with van der Waals surface area (Å²) in [5.74, 6) is -1.02. The van der Waals surface area contributed by atoms with Gasteiger partial charge >= 0.3 is 5.97 Å². The summed E-state index contributed by atoms with van der Waals surface area (Å²) in [6, 6.07) is 5.22. The molecule has 1 aromatic carbocycles. The van der Waals surface area contributed by atoms with E-state index in [0.717, 1.165) is 0 Å². The van der Waals surface area contributed by atoms with Crippen molar-refractivity contribution in [3.05, 3.63) is 18.2 Å². The number of carboxylic acid groups (broad SMARTS) is 1. The number of carbonyl (C=O) groups excluding carboxylic acids is 2. The number of hydrogen-bond donors (Lipinski definition) is 1. The normalized spacial score (nSPS) is 19.4. The molecule has 140 valence electrons. The first kappa shape index (κ1) is 18.0. The van der Waals surface area contributed by atoms with E-state index in [9.17, 15) is 19.5 Å². The van der Waals surface area contributed by atoms with Gasteiger partial charge in [-0.2, -0.15) is 0 Å². The van der Waals surface area contributed by atoms with E-state index in [2.05, 4.69) is 0 Å². The lowest BCUT2D eigenvalue weighted by Gasteiger charge is -2.33. The van der Waals surface area contributed by atoms with Crippen LogP contribution in [0.5, 0.6) is 11.5 Å². The van der Waals surface area contributed by atoms with Crippen LogP contribution in [0, 0.1) is 5.92 Å². The van der Waals surface area contributed by atoms with E-state index in [-0.39, 0.29) is 24.8 Å². The van der Waals surface area contributed by atoms with Gasteiger partial charge in [0.25, 0.3) is 0 Å². The molecule has 0 saturated carbocycles. The van der Waals surface area contributed by atoms with Crippen molar-refractivity contribution in [2.45, 2.75) is 25.8 Å². The third kappa shape index (κ3) is 3.07. The van der Waals surface area contributed by atoms with Crippen LogP contribution < -0.4 is 14.4 Å². The molecule has 1 aromatic rings. The fraction of sp³-hybridized carbons (Fsp3) is 0.500. The van der Waals surface area contributed by atoms with Gasteiger partial charge in [-0.1, -0.05) is 0 Å². The fourth-order valence-electron chi connectivity index (χ4n) is 3.02. The van der Waals surface area contributed by atoms with Crippen LogP contribution >= 0.6 is 0 Å². The second kappa shape index (κ2) is 6.51. The highest BCUT2D eigenvalue weighted by Crippen LogP contribution is 2.36. The second-order valence-electron chi connectivity index (χ2n) is 6.99. The topological polar surface area (TPSA) is 96.4 Å². The largest absolute Gasteiger partial charge is 0.486 e. The molecular weight excluding hydrogens is 340 g/mol. The summed E-state index contributed by atoms with van der Waals surface area (Å²) in [6.45, 7) is 4.06. The van der Waals surface area contributed by atoms with Crippen LogP contribution in [-0.4, -0.2) is 60.1 Å². The molecular formula is C18H22N2O6. The van der Waals surface area contributed by atoms with Gasteiger partial charge < -0.3 is 24.4 Å². The van der Waals surface area contributed by atoms with Gasteiger partial charge in [-0.05, 0) is 26.0 Å². The minimum absolute atomic E-state index is 0.0489. The third-order valence-corrected chi connectivity index (χ3v) is 5.00. The quantitative estimate of drug-likeness (QED) is 0.863. The van der Waals surface area contributed by atoms with Gasteiger partial charge in [0.1, 0.15) is 18.8 Å². The van der Waals surface area contributed by atoms with Crippen LogP contribution in [0.15, 0.2) is 18.2 Å². The SMILES string of the molecule is CN(C(=O)C1CC(=O)N(c2ccc3c(c2)OCCO3)C1)C(C)(C)C(=O)O. The fourth-order valence-corrected chi connectivity index (χ4v) is 3.02. The van der Waals surface area contributed by atoms with E-state index in [1.165, 1.54) is 30.7 Å². The molecule has 3 rings (SSSR count). The van der Waals surface area contributed by atoms with E-state index in [1.807, 2.05) is 0 Å². The number of hydrogen-bond acceptors (Lipinski definition) is 5. The molecule has 0 radical (unpaired) electrons. The lowest BCUT2D eigenvalue weighted by atomic mass is 10.00. The van der Waals surface area contributed by atoms with Crippen molar-refractivity contribution in [3.63, 3.8) is 0 Å². The zero-order valence-corrected chi connectivity index (χ0v) is 15.0. The number of anilines is 1. The van der Waals surface area contributed by atoms with E-state index in [1.54, 1.807) is 18.2 Å². The molecule has 1 atom stereocenters. The molecule has 2 aliphatic rings. The zero-order valence-electron chi connectivity index (χ0n) is 15.0. The Balaban J connectivity index is 1.76. The first-order valence-electron chi connectivity index (χ1n) is 8.43. The van der Waals surface area contributed by atoms with Gasteiger partial charge in [0.2, 0.25) is 11.8 Å². The molecule has 0 bridgehead atoms. The third-order valence-electron chi connectivity index (χ3n) is 5.00. The number of ether oxygens (including phenoxy) is 2. The predicted octanol–water partition coefficient (Wildman–Crippen LogP) is 1.13. The van der Waals surface area contributed by atoms with Crippen LogP contribution in [-0.2, 0) is 14.4 Å². The van der Waals surface area contributed by atoms with Gasteiger partial charge in [-0.3, -0.25) is 9.59 Å². The maximum absolute atomic E-state index is 12.7. The minimum Gasteiger partial charge on any atom is -0.486 e. The molecule has 26 heavy (non-hydrogen) atoms. The van der Waals surface area contributed by atoms with Crippen LogP contribution in [0.1, 0.15) is 20.3 Å². The summed E-state index contributed by atoms with van der Waals surface area (Å²) in [5, 5.41) is 9.30. The lowest BCUT2D eigenvalue weighted by molar-refractivity contribution is -0.156. The summed E-state index contributed by atoms with van der Waals surface area (Å²) in [7, 11) is 1.45. The summed E-state index contributed by atoms with van der Waals surface area (Å²) < 4.78 is 11.0. The maximum Gasteiger partial charge on any atom is 0.329 e. The second-order valence-corrected chi connectivity index (χ2v) is 6.99. The maximum atomic E-state index is 12.7. The first-order chi connectivity index (χ1) is 12.2. The Hall–Kier alpha value is -2.77. The Morgan fingerprint density at radius 2 is 1.88 bits per heavy atom. The Morgan fingerprint density at radius 3 is 2.54 bits per heavy atom. The number of carbonyl (C=O) groups is 3. The van der Waals surface area contributed by atoms with Crippen LogP contribution in [0.2, 0.25) is 0 Å². The Kier molecular flexibility index (Phi) is 4.52. The summed E-state index contributed by atoms with van der Waals surface area (Å²) in [5.41, 5.74) is -0.709. The molecule has 0 aliphatic carbocycles. The number of nitrogens with zero attached hydrogens (tertiary/aromatic N) is 2. The van der Waals surface area contributed by atoms with Gasteiger partial charge in [-0.15, -0.1) is 0 Å². The van der Waals surface area contributed by atoms with E-state index in [4.69, 9.17) is 9.47 Å². The minimum atomic E-state index is -1.34. The van der Waals surface area contributed by atoms with Gasteiger partial charge in [0, 0.05) is 31.8 Å². The zero-order chi connectivity index (χ0) is 19.1. The molecule has 0 spiro atoms. The molecule has 1 N–H and O–H groups in total. The van der Waals surface area contributed by atoms with Gasteiger partial charge in [-0.25, -0.2) is 4.79 Å². The molecule has 2 heterocycles. The number of benzene rings is 1. The van der Waals surface area contributed by atoms with Crippen molar-refractivity contribution in [3.8, 4) is 11.5 Å². The average molecular weight is 362 g/mol. The van der Waals surface area contributed by atoms with Crippen molar-refractivity contribution in [2.75, 3.05) is 31.7 Å². The van der Waals surface area contributed by atoms with Crippen molar-refractivity contribution in [1.29, 1.82) is 0 Å². The van der Waals surface area contributed by atoms with Crippen LogP contribution in [0.4, 0.5) is 5.69 Å². The molecule has 2 aliphatic heterocycles. The Bertz CT molecular complexity index is 760. The van der Waals surface area contributed by atoms with Gasteiger partial charge in [0.05, 0.1) is 5.92 Å². The van der Waals surface area contributed by atoms with E-state index in [0.29, 0.717) is 30.4 Å². The predicted molar refractivity (Wildman–Crippen MR) is 92.4 cm³/mol. The smallest absolute Gasteiger partial charge is 0.329 e. The molecule has 8 heteroatoms. The highest BCUT2D eigenvalue weighted by molar-refractivity contribution is 6.01. The van der Waals surface area contributed by atoms with Crippen molar-refractivity contribution < 1.29 is 29.0 Å². The number of fused-ring (bicyclic) bond motifs is 1. The Labute approximate surface area is 151 Å². The van der Waals surface area contributed by atoms with Crippen molar-refractivity contribution in [2.24, 2.45) is 5.92 Å². The molecule has 0 aromatic heterocycles. The molecule has 1 saturated heterocycles. The highest BCUT2D eigenvalue weighted by Gasteiger charge is 2.42. The number of carboxylic acids is 1. The van der Waals surface area contributed by atoms with Crippen LogP contribution in [0.3, 0.4) is 0 Å².